The molecule has 2 heterocycles. The number of nitrogens with zero attached hydrogens (tertiary/aromatic N) is 1. The Hall–Kier alpha value is -0.800. The molecule has 1 fully saturated rings. The zero-order valence-corrected chi connectivity index (χ0v) is 9.62. The molecule has 0 aliphatic carbocycles. The van der Waals surface area contributed by atoms with E-state index in [-0.39, 0.29) is 0 Å². The zero-order valence-electron chi connectivity index (χ0n) is 9.62. The van der Waals surface area contributed by atoms with Crippen LogP contribution >= 0.6 is 0 Å². The molecule has 1 unspecified atom stereocenters. The molecule has 1 aromatic rings. The van der Waals surface area contributed by atoms with Crippen LogP contribution in [0.1, 0.15) is 30.4 Å². The van der Waals surface area contributed by atoms with Crippen LogP contribution in [-0.2, 0) is 13.1 Å². The minimum absolute atomic E-state index is 0.497. The van der Waals surface area contributed by atoms with E-state index in [1.54, 1.807) is 0 Å². The van der Waals surface area contributed by atoms with E-state index in [2.05, 4.69) is 17.9 Å². The number of rotatable bonds is 3. The molecular weight excluding hydrogens is 188 g/mol. The molecule has 1 aliphatic rings. The van der Waals surface area contributed by atoms with E-state index in [4.69, 9.17) is 10.2 Å². The van der Waals surface area contributed by atoms with Crippen LogP contribution in [0.3, 0.4) is 0 Å². The van der Waals surface area contributed by atoms with Gasteiger partial charge < -0.3 is 10.2 Å². The van der Waals surface area contributed by atoms with Gasteiger partial charge in [0.05, 0.1) is 6.54 Å². The Balaban J connectivity index is 2.00. The molecule has 2 N–H and O–H groups in total. The first-order chi connectivity index (χ1) is 7.19. The Morgan fingerprint density at radius 2 is 2.40 bits per heavy atom. The van der Waals surface area contributed by atoms with Crippen molar-refractivity contribution in [1.82, 2.24) is 4.90 Å². The molecule has 1 aliphatic heterocycles. The summed E-state index contributed by atoms with van der Waals surface area (Å²) in [5, 5.41) is 0. The van der Waals surface area contributed by atoms with Crippen molar-refractivity contribution in [2.45, 2.75) is 33.4 Å². The lowest BCUT2D eigenvalue weighted by Gasteiger charge is -2.14. The molecule has 0 radical (unpaired) electrons. The Kier molecular flexibility index (Phi) is 3.12. The fourth-order valence-corrected chi connectivity index (χ4v) is 2.26. The normalized spacial score (nSPS) is 22.5. The van der Waals surface area contributed by atoms with Gasteiger partial charge in [0.2, 0.25) is 0 Å². The summed E-state index contributed by atoms with van der Waals surface area (Å²) in [4.78, 5) is 2.49. The highest BCUT2D eigenvalue weighted by molar-refractivity contribution is 5.20. The van der Waals surface area contributed by atoms with E-state index in [1.165, 1.54) is 25.1 Å². The summed E-state index contributed by atoms with van der Waals surface area (Å²) in [6, 6.07) is 2.10. The van der Waals surface area contributed by atoms with Crippen molar-refractivity contribution in [1.29, 1.82) is 0 Å². The molecule has 1 saturated heterocycles. The summed E-state index contributed by atoms with van der Waals surface area (Å²) in [7, 11) is 0. The first kappa shape index (κ1) is 10.7. The lowest BCUT2D eigenvalue weighted by atomic mass is 10.2. The Morgan fingerprint density at radius 3 is 2.93 bits per heavy atom. The summed E-state index contributed by atoms with van der Waals surface area (Å²) in [6.45, 7) is 8.27. The zero-order chi connectivity index (χ0) is 10.8. The molecule has 1 atom stereocenters. The Labute approximate surface area is 91.2 Å². The average Bonchev–Trinajstić information content (AvgIpc) is 2.75. The molecule has 15 heavy (non-hydrogen) atoms. The lowest BCUT2D eigenvalue weighted by Crippen LogP contribution is -2.19. The standard InChI is InChI=1S/C12H20N2O/c1-9-3-4-14(7-9)8-11-5-12(6-13)15-10(11)2/h5,9H,3-4,6-8,13H2,1-2H3. The van der Waals surface area contributed by atoms with Gasteiger partial charge in [-0.25, -0.2) is 0 Å². The van der Waals surface area contributed by atoms with Gasteiger partial charge in [0.1, 0.15) is 11.5 Å². The molecule has 0 saturated carbocycles. The molecule has 0 bridgehead atoms. The molecule has 2 rings (SSSR count). The number of furan rings is 1. The van der Waals surface area contributed by atoms with Gasteiger partial charge in [0.25, 0.3) is 0 Å². The van der Waals surface area contributed by atoms with Crippen molar-refractivity contribution in [3.8, 4) is 0 Å². The van der Waals surface area contributed by atoms with Crippen LogP contribution in [0.5, 0.6) is 0 Å². The van der Waals surface area contributed by atoms with E-state index in [0.717, 1.165) is 24.0 Å². The molecule has 3 heteroatoms. The van der Waals surface area contributed by atoms with Crippen molar-refractivity contribution in [3.05, 3.63) is 23.2 Å². The van der Waals surface area contributed by atoms with Crippen molar-refractivity contribution in [3.63, 3.8) is 0 Å². The highest BCUT2D eigenvalue weighted by Gasteiger charge is 2.20. The summed E-state index contributed by atoms with van der Waals surface area (Å²) >= 11 is 0. The maximum Gasteiger partial charge on any atom is 0.118 e. The van der Waals surface area contributed by atoms with Gasteiger partial charge in [0, 0.05) is 18.7 Å². The van der Waals surface area contributed by atoms with Crippen molar-refractivity contribution in [2.75, 3.05) is 13.1 Å². The van der Waals surface area contributed by atoms with Gasteiger partial charge >= 0.3 is 0 Å². The first-order valence-electron chi connectivity index (χ1n) is 5.69. The largest absolute Gasteiger partial charge is 0.465 e. The van der Waals surface area contributed by atoms with E-state index in [9.17, 15) is 0 Å². The molecular formula is C12H20N2O. The SMILES string of the molecule is Cc1oc(CN)cc1CN1CCC(C)C1. The second kappa shape index (κ2) is 4.37. The molecule has 0 spiro atoms. The number of aryl methyl sites for hydroxylation is 1. The third-order valence-electron chi connectivity index (χ3n) is 3.17. The highest BCUT2D eigenvalue weighted by Crippen LogP contribution is 2.21. The average molecular weight is 208 g/mol. The summed E-state index contributed by atoms with van der Waals surface area (Å²) < 4.78 is 5.55. The molecule has 0 amide bonds. The van der Waals surface area contributed by atoms with Crippen LogP contribution in [-0.4, -0.2) is 18.0 Å². The smallest absolute Gasteiger partial charge is 0.118 e. The second-order valence-electron chi connectivity index (χ2n) is 4.63. The van der Waals surface area contributed by atoms with Crippen molar-refractivity contribution < 1.29 is 4.42 Å². The van der Waals surface area contributed by atoms with Crippen LogP contribution in [0.4, 0.5) is 0 Å². The van der Waals surface area contributed by atoms with Gasteiger partial charge in [-0.2, -0.15) is 0 Å². The summed E-state index contributed by atoms with van der Waals surface area (Å²) in [6.07, 6.45) is 1.32. The number of hydrogen-bond donors (Lipinski definition) is 1. The summed E-state index contributed by atoms with van der Waals surface area (Å²) in [5.41, 5.74) is 6.85. The van der Waals surface area contributed by atoms with E-state index in [1.807, 2.05) is 6.92 Å². The van der Waals surface area contributed by atoms with Crippen LogP contribution in [0.2, 0.25) is 0 Å². The Bertz CT molecular complexity index is 332. The molecule has 1 aromatic heterocycles. The van der Waals surface area contributed by atoms with Gasteiger partial charge in [0.15, 0.2) is 0 Å². The van der Waals surface area contributed by atoms with Crippen molar-refractivity contribution >= 4 is 0 Å². The quantitative estimate of drug-likeness (QED) is 0.824. The fourth-order valence-electron chi connectivity index (χ4n) is 2.26. The second-order valence-corrected chi connectivity index (χ2v) is 4.63. The minimum atomic E-state index is 0.497. The fraction of sp³-hybridized carbons (Fsp3) is 0.667. The van der Waals surface area contributed by atoms with Crippen LogP contribution in [0, 0.1) is 12.8 Å². The molecule has 3 nitrogen and oxygen atoms in total. The molecule has 84 valence electrons. The van der Waals surface area contributed by atoms with Gasteiger partial charge in [-0.3, -0.25) is 4.90 Å². The van der Waals surface area contributed by atoms with Gasteiger partial charge in [-0.05, 0) is 31.9 Å². The van der Waals surface area contributed by atoms with Crippen LogP contribution in [0.15, 0.2) is 10.5 Å². The van der Waals surface area contributed by atoms with E-state index in [0.29, 0.717) is 6.54 Å². The highest BCUT2D eigenvalue weighted by atomic mass is 16.3. The third kappa shape index (κ3) is 2.41. The van der Waals surface area contributed by atoms with Gasteiger partial charge in [-0.15, -0.1) is 0 Å². The number of likely N-dealkylation sites (tertiary alicyclic amines) is 1. The predicted molar refractivity (Wildman–Crippen MR) is 60.4 cm³/mol. The van der Waals surface area contributed by atoms with Crippen LogP contribution < -0.4 is 5.73 Å². The minimum Gasteiger partial charge on any atom is -0.465 e. The number of nitrogens with two attached hydrogens (primary N) is 1. The topological polar surface area (TPSA) is 42.4 Å². The lowest BCUT2D eigenvalue weighted by molar-refractivity contribution is 0.317. The number of hydrogen-bond acceptors (Lipinski definition) is 3. The Morgan fingerprint density at radius 1 is 1.60 bits per heavy atom. The predicted octanol–water partition coefficient (Wildman–Crippen LogP) is 1.89. The van der Waals surface area contributed by atoms with Gasteiger partial charge in [-0.1, -0.05) is 6.92 Å². The van der Waals surface area contributed by atoms with Crippen molar-refractivity contribution in [2.24, 2.45) is 11.7 Å². The maximum atomic E-state index is 5.55. The van der Waals surface area contributed by atoms with E-state index >= 15 is 0 Å². The summed E-state index contributed by atoms with van der Waals surface area (Å²) in [5.74, 6) is 2.76. The third-order valence-corrected chi connectivity index (χ3v) is 3.17. The monoisotopic (exact) mass is 208 g/mol. The first-order valence-corrected chi connectivity index (χ1v) is 5.69. The van der Waals surface area contributed by atoms with Crippen LogP contribution in [0.25, 0.3) is 0 Å². The maximum absolute atomic E-state index is 5.55. The molecule has 0 aromatic carbocycles. The van der Waals surface area contributed by atoms with E-state index < -0.39 is 0 Å².